The van der Waals surface area contributed by atoms with Gasteiger partial charge in [-0.15, -0.1) is 0 Å². The predicted molar refractivity (Wildman–Crippen MR) is 136 cm³/mol. The van der Waals surface area contributed by atoms with Gasteiger partial charge in [0, 0.05) is 29.5 Å². The van der Waals surface area contributed by atoms with Crippen molar-refractivity contribution in [3.8, 4) is 11.5 Å². The summed E-state index contributed by atoms with van der Waals surface area (Å²) in [4.78, 5) is 36.2. The van der Waals surface area contributed by atoms with Crippen molar-refractivity contribution in [1.29, 1.82) is 0 Å². The van der Waals surface area contributed by atoms with E-state index in [1.54, 1.807) is 66.7 Å². The lowest BCUT2D eigenvalue weighted by atomic mass is 10.2. The minimum Gasteiger partial charge on any atom is -0.495 e. The van der Waals surface area contributed by atoms with Crippen molar-refractivity contribution in [2.75, 3.05) is 41.5 Å². The lowest BCUT2D eigenvalue weighted by Gasteiger charge is -2.13. The molecule has 0 fully saturated rings. The molecule has 4 N–H and O–H groups in total. The molecule has 3 aromatic rings. The Bertz CT molecular complexity index is 1180. The SMILES string of the molecule is CCOc1ccc(NC(=O)c2ccc(NCC(=O)Nc3cc(NC(C)=O)ccc3OC)cc2)cc1. The Hall–Kier alpha value is -4.53. The summed E-state index contributed by atoms with van der Waals surface area (Å²) < 4.78 is 10.7. The van der Waals surface area contributed by atoms with Crippen molar-refractivity contribution in [3.63, 3.8) is 0 Å². The molecule has 0 aromatic heterocycles. The third-order valence-corrected chi connectivity index (χ3v) is 4.82. The van der Waals surface area contributed by atoms with Crippen LogP contribution in [0.4, 0.5) is 22.7 Å². The van der Waals surface area contributed by atoms with Crippen LogP contribution in [0.3, 0.4) is 0 Å². The molecule has 0 aliphatic rings. The Balaban J connectivity index is 1.54. The van der Waals surface area contributed by atoms with E-state index in [4.69, 9.17) is 9.47 Å². The van der Waals surface area contributed by atoms with Crippen LogP contribution < -0.4 is 30.7 Å². The van der Waals surface area contributed by atoms with Crippen LogP contribution in [-0.2, 0) is 9.59 Å². The Morgan fingerprint density at radius 3 is 2.09 bits per heavy atom. The van der Waals surface area contributed by atoms with E-state index < -0.39 is 0 Å². The topological polar surface area (TPSA) is 118 Å². The highest BCUT2D eigenvalue weighted by Crippen LogP contribution is 2.28. The number of anilines is 4. The Kier molecular flexibility index (Phi) is 8.66. The van der Waals surface area contributed by atoms with E-state index in [1.165, 1.54) is 14.0 Å². The average Bonchev–Trinajstić information content (AvgIpc) is 2.84. The zero-order chi connectivity index (χ0) is 25.2. The van der Waals surface area contributed by atoms with Crippen LogP contribution in [0, 0.1) is 0 Å². The Morgan fingerprint density at radius 1 is 0.800 bits per heavy atom. The number of benzene rings is 3. The Morgan fingerprint density at radius 2 is 1.46 bits per heavy atom. The van der Waals surface area contributed by atoms with Gasteiger partial charge in [0.15, 0.2) is 0 Å². The number of methoxy groups -OCH3 is 1. The van der Waals surface area contributed by atoms with Gasteiger partial charge in [0.1, 0.15) is 11.5 Å². The summed E-state index contributed by atoms with van der Waals surface area (Å²) in [5.41, 5.74) is 2.80. The van der Waals surface area contributed by atoms with Crippen LogP contribution in [0.15, 0.2) is 66.7 Å². The first-order valence-corrected chi connectivity index (χ1v) is 11.0. The summed E-state index contributed by atoms with van der Waals surface area (Å²) >= 11 is 0. The molecule has 0 aliphatic carbocycles. The van der Waals surface area contributed by atoms with E-state index in [9.17, 15) is 14.4 Å². The molecule has 9 heteroatoms. The molecular formula is C26H28N4O5. The van der Waals surface area contributed by atoms with E-state index in [-0.39, 0.29) is 24.3 Å². The van der Waals surface area contributed by atoms with Crippen LogP contribution in [0.1, 0.15) is 24.2 Å². The van der Waals surface area contributed by atoms with Gasteiger partial charge in [-0.3, -0.25) is 14.4 Å². The summed E-state index contributed by atoms with van der Waals surface area (Å²) in [5, 5.41) is 11.3. The molecule has 0 spiro atoms. The van der Waals surface area contributed by atoms with Gasteiger partial charge < -0.3 is 30.7 Å². The summed E-state index contributed by atoms with van der Waals surface area (Å²) in [6, 6.07) is 18.9. The molecule has 9 nitrogen and oxygen atoms in total. The summed E-state index contributed by atoms with van der Waals surface area (Å²) in [6.07, 6.45) is 0. The van der Waals surface area contributed by atoms with Crippen molar-refractivity contribution in [2.24, 2.45) is 0 Å². The van der Waals surface area contributed by atoms with Gasteiger partial charge in [-0.2, -0.15) is 0 Å². The standard InChI is InChI=1S/C26H28N4O5/c1-4-35-22-12-9-20(10-13-22)29-26(33)18-5-7-19(8-6-18)27-16-25(32)30-23-15-21(28-17(2)31)11-14-24(23)34-3/h5-15,27H,4,16H2,1-3H3,(H,28,31)(H,29,33)(H,30,32). The summed E-state index contributed by atoms with van der Waals surface area (Å²) in [6.45, 7) is 3.88. The van der Waals surface area contributed by atoms with Crippen molar-refractivity contribution in [2.45, 2.75) is 13.8 Å². The van der Waals surface area contributed by atoms with E-state index >= 15 is 0 Å². The first kappa shape index (κ1) is 25.1. The second-order valence-electron chi connectivity index (χ2n) is 7.49. The van der Waals surface area contributed by atoms with Gasteiger partial charge in [0.05, 0.1) is 25.9 Å². The van der Waals surface area contributed by atoms with Crippen LogP contribution in [0.5, 0.6) is 11.5 Å². The highest BCUT2D eigenvalue weighted by molar-refractivity contribution is 6.04. The molecule has 3 rings (SSSR count). The molecule has 0 unspecified atom stereocenters. The van der Waals surface area contributed by atoms with E-state index in [0.717, 1.165) is 5.75 Å². The molecule has 0 heterocycles. The van der Waals surface area contributed by atoms with Gasteiger partial charge in [0.25, 0.3) is 5.91 Å². The van der Waals surface area contributed by atoms with Crippen LogP contribution >= 0.6 is 0 Å². The van der Waals surface area contributed by atoms with Crippen LogP contribution in [0.2, 0.25) is 0 Å². The van der Waals surface area contributed by atoms with Crippen molar-refractivity contribution >= 4 is 40.5 Å². The van der Waals surface area contributed by atoms with Crippen molar-refractivity contribution in [3.05, 3.63) is 72.3 Å². The predicted octanol–water partition coefficient (Wildman–Crippen LogP) is 4.36. The largest absolute Gasteiger partial charge is 0.495 e. The third kappa shape index (κ3) is 7.50. The molecule has 3 aromatic carbocycles. The molecule has 0 saturated carbocycles. The fourth-order valence-corrected chi connectivity index (χ4v) is 3.21. The van der Waals surface area contributed by atoms with Gasteiger partial charge >= 0.3 is 0 Å². The molecule has 0 saturated heterocycles. The van der Waals surface area contributed by atoms with Gasteiger partial charge in [-0.1, -0.05) is 0 Å². The summed E-state index contributed by atoms with van der Waals surface area (Å²) in [5.74, 6) is 0.440. The number of hydrogen-bond donors (Lipinski definition) is 4. The van der Waals surface area contributed by atoms with Gasteiger partial charge in [-0.25, -0.2) is 0 Å². The maximum Gasteiger partial charge on any atom is 0.255 e. The van der Waals surface area contributed by atoms with E-state index in [2.05, 4.69) is 21.3 Å². The molecule has 0 aliphatic heterocycles. The van der Waals surface area contributed by atoms with Crippen molar-refractivity contribution < 1.29 is 23.9 Å². The number of rotatable bonds is 10. The maximum atomic E-state index is 12.5. The number of nitrogens with one attached hydrogen (secondary N) is 4. The normalized spacial score (nSPS) is 10.1. The lowest BCUT2D eigenvalue weighted by molar-refractivity contribution is -0.115. The zero-order valence-electron chi connectivity index (χ0n) is 19.8. The van der Waals surface area contributed by atoms with Crippen LogP contribution in [-0.4, -0.2) is 38.0 Å². The number of hydrogen-bond acceptors (Lipinski definition) is 6. The van der Waals surface area contributed by atoms with E-state index in [0.29, 0.717) is 40.7 Å². The number of carbonyl (C=O) groups excluding carboxylic acids is 3. The minimum atomic E-state index is -0.305. The smallest absolute Gasteiger partial charge is 0.255 e. The molecule has 35 heavy (non-hydrogen) atoms. The van der Waals surface area contributed by atoms with Gasteiger partial charge in [-0.05, 0) is 73.7 Å². The second-order valence-corrected chi connectivity index (χ2v) is 7.49. The summed E-state index contributed by atoms with van der Waals surface area (Å²) in [7, 11) is 1.49. The fraction of sp³-hybridized carbons (Fsp3) is 0.192. The number of amides is 3. The first-order valence-electron chi connectivity index (χ1n) is 11.0. The van der Waals surface area contributed by atoms with E-state index in [1.807, 2.05) is 6.92 Å². The Labute approximate surface area is 203 Å². The highest BCUT2D eigenvalue weighted by atomic mass is 16.5. The average molecular weight is 477 g/mol. The molecule has 3 amide bonds. The molecule has 182 valence electrons. The number of ether oxygens (including phenoxy) is 2. The van der Waals surface area contributed by atoms with Gasteiger partial charge in [0.2, 0.25) is 11.8 Å². The first-order chi connectivity index (χ1) is 16.9. The van der Waals surface area contributed by atoms with Crippen LogP contribution in [0.25, 0.3) is 0 Å². The fourth-order valence-electron chi connectivity index (χ4n) is 3.21. The monoisotopic (exact) mass is 476 g/mol. The van der Waals surface area contributed by atoms with Crippen molar-refractivity contribution in [1.82, 2.24) is 0 Å². The molecule has 0 bridgehead atoms. The highest BCUT2D eigenvalue weighted by Gasteiger charge is 2.10. The second kappa shape index (κ2) is 12.1. The third-order valence-electron chi connectivity index (χ3n) is 4.82. The quantitative estimate of drug-likeness (QED) is 0.345. The zero-order valence-corrected chi connectivity index (χ0v) is 19.8. The lowest BCUT2D eigenvalue weighted by Crippen LogP contribution is -2.22. The minimum absolute atomic E-state index is 0.00869. The molecule has 0 radical (unpaired) electrons. The molecule has 0 atom stereocenters. The maximum absolute atomic E-state index is 12.5. The number of carbonyl (C=O) groups is 3. The molecular weight excluding hydrogens is 448 g/mol.